The monoisotopic (exact) mass is 1090 g/mol. The Bertz CT molecular complexity index is 2380. The van der Waals surface area contributed by atoms with Crippen LogP contribution in [0, 0.1) is 47.0 Å². The number of nitrogens with zero attached hydrogens (tertiary/aromatic N) is 3. The van der Waals surface area contributed by atoms with E-state index in [9.17, 15) is 27.4 Å². The molecule has 0 radical (unpaired) electrons. The summed E-state index contributed by atoms with van der Waals surface area (Å²) in [6, 6.07) is 49.9. The van der Waals surface area contributed by atoms with E-state index < -0.39 is 68.7 Å². The zero-order chi connectivity index (χ0) is 44.8. The van der Waals surface area contributed by atoms with E-state index in [4.69, 9.17) is 4.74 Å². The Morgan fingerprint density at radius 3 is 1.30 bits per heavy atom. The van der Waals surface area contributed by atoms with Crippen LogP contribution in [0.15, 0.2) is 150 Å². The first kappa shape index (κ1) is 50.4. The van der Waals surface area contributed by atoms with E-state index in [0.29, 0.717) is 11.8 Å². The summed E-state index contributed by atoms with van der Waals surface area (Å²) in [5.74, 6) is -3.48. The van der Waals surface area contributed by atoms with Crippen molar-refractivity contribution in [3.05, 3.63) is 185 Å². The number of hydrogen-bond acceptors (Lipinski definition) is 3. The Labute approximate surface area is 361 Å². The van der Waals surface area contributed by atoms with Crippen molar-refractivity contribution in [1.29, 1.82) is 10.5 Å². The molecule has 6 aromatic carbocycles. The van der Waals surface area contributed by atoms with Gasteiger partial charge in [-0.15, -0.1) is 0 Å². The van der Waals surface area contributed by atoms with Gasteiger partial charge < -0.3 is 0 Å². The standard InChI is InChI=1S/C33H22F3N3P2.C10H14.ClH.6FH.Ru.Sb/c34-30-28(21-37)29(22-38)31(35)33(32(30)36)39-41(26-17-9-3-10-18-26,27-19-11-4-12-20-27)23-40(24-13-5-1-6-14-24)25-15-7-2-8-16-25;1-8(2)10-6-4-9(3)5-7-10;;;;;;;;;/h1-20H,23H2;4-8H,1-3H3;7*1H;;/q;;;;;;;;;+2;+5/p-7. The maximum absolute atomic E-state index is 15.9. The predicted octanol–water partition coefficient (Wildman–Crippen LogP) is 13.4. The molecule has 6 rings (SSSR count). The van der Waals surface area contributed by atoms with Gasteiger partial charge in [0, 0.05) is 13.0 Å². The van der Waals surface area contributed by atoms with E-state index in [2.05, 4.69) is 54.7 Å². The Hall–Kier alpha value is -3.94. The number of aryl methyl sites for hydroxylation is 1. The second kappa shape index (κ2) is 21.2. The Kier molecular flexibility index (Phi) is 17.8. The molecular formula is C43H36ClF9N3P2RuSb. The SMILES string of the molecule is Cc1ccc(C(C)C)cc1.N#Cc1c(F)c(F)c(N=P(CP(c2ccccc2)c2ccccc2)(c2ccccc2)c2ccccc2)c(F)c1C#N.[Cl][Ru+].[F][Sb-]([F])([F])([F])([F])[F]. The summed E-state index contributed by atoms with van der Waals surface area (Å²) in [6.07, 6.45) is 0. The molecule has 0 unspecified atom stereocenters. The first-order valence-electron chi connectivity index (χ1n) is 17.5. The third-order valence-electron chi connectivity index (χ3n) is 8.38. The molecular weight excluding hydrogens is 1050 g/mol. The first-order chi connectivity index (χ1) is 28.1. The minimum atomic E-state index is -11.2. The summed E-state index contributed by atoms with van der Waals surface area (Å²) in [4.78, 5) is 0. The van der Waals surface area contributed by atoms with Crippen LogP contribution in [0.4, 0.5) is 35.7 Å². The maximum atomic E-state index is 15.9. The normalized spacial score (nSPS) is 12.1. The van der Waals surface area contributed by atoms with Gasteiger partial charge in [0.2, 0.25) is 0 Å². The van der Waals surface area contributed by atoms with Gasteiger partial charge in [-0.3, -0.25) is 4.74 Å². The summed E-state index contributed by atoms with van der Waals surface area (Å²) in [5, 5.41) is 22.5. The van der Waals surface area contributed by atoms with Gasteiger partial charge in [0.25, 0.3) is 0 Å². The molecule has 0 bridgehead atoms. The minimum absolute atomic E-state index is 0.382. The van der Waals surface area contributed by atoms with Crippen LogP contribution < -0.4 is 21.2 Å². The van der Waals surface area contributed by atoms with Crippen molar-refractivity contribution in [3.8, 4) is 12.1 Å². The molecule has 0 heterocycles. The van der Waals surface area contributed by atoms with Gasteiger partial charge in [0.05, 0.1) is 0 Å². The number of rotatable bonds is 8. The molecule has 17 heteroatoms. The average Bonchev–Trinajstić information content (AvgIpc) is 3.23. The molecule has 0 fully saturated rings. The van der Waals surface area contributed by atoms with Gasteiger partial charge in [-0.2, -0.15) is 10.5 Å². The van der Waals surface area contributed by atoms with Crippen LogP contribution in [0.25, 0.3) is 0 Å². The fourth-order valence-corrected chi connectivity index (χ4v) is 13.9. The topological polar surface area (TPSA) is 59.9 Å². The van der Waals surface area contributed by atoms with Gasteiger partial charge >= 0.3 is 63.4 Å². The predicted molar refractivity (Wildman–Crippen MR) is 224 cm³/mol. The van der Waals surface area contributed by atoms with Crippen LogP contribution in [0.2, 0.25) is 0 Å². The Balaban J connectivity index is 0.000000418. The molecule has 0 saturated heterocycles. The second-order valence-corrected chi connectivity index (χ2v) is 24.3. The van der Waals surface area contributed by atoms with Crippen molar-refractivity contribution in [2.24, 2.45) is 4.74 Å². The molecule has 0 amide bonds. The van der Waals surface area contributed by atoms with Crippen LogP contribution in [0.1, 0.15) is 42.0 Å². The van der Waals surface area contributed by atoms with Gasteiger partial charge in [-0.05, 0) is 47.5 Å². The van der Waals surface area contributed by atoms with Gasteiger partial charge in [0.1, 0.15) is 29.0 Å². The van der Waals surface area contributed by atoms with Crippen molar-refractivity contribution in [2.75, 3.05) is 5.90 Å². The van der Waals surface area contributed by atoms with Gasteiger partial charge in [-0.1, -0.05) is 165 Å². The number of benzene rings is 6. The molecule has 0 aromatic heterocycles. The average molecular weight is 1090 g/mol. The number of nitriles is 2. The fourth-order valence-electron chi connectivity index (χ4n) is 5.61. The van der Waals surface area contributed by atoms with E-state index in [1.54, 1.807) is 0 Å². The van der Waals surface area contributed by atoms with Gasteiger partial charge in [-0.25, -0.2) is 13.2 Å². The zero-order valence-corrected chi connectivity index (χ0v) is 38.8. The van der Waals surface area contributed by atoms with Crippen LogP contribution in [-0.2, 0) is 17.3 Å². The third-order valence-corrected chi connectivity index (χ3v) is 15.8. The van der Waals surface area contributed by atoms with Crippen molar-refractivity contribution in [1.82, 2.24) is 0 Å². The number of hydrogen-bond donors (Lipinski definition) is 0. The molecule has 0 aliphatic heterocycles. The van der Waals surface area contributed by atoms with E-state index >= 15 is 13.2 Å². The summed E-state index contributed by atoms with van der Waals surface area (Å²) >= 11 is -9.43. The summed E-state index contributed by atoms with van der Waals surface area (Å²) in [5.41, 5.74) is 0.0450. The Morgan fingerprint density at radius 2 is 0.950 bits per heavy atom. The molecule has 6 aromatic rings. The second-order valence-electron chi connectivity index (χ2n) is 13.1. The zero-order valence-electron chi connectivity index (χ0n) is 32.0. The fraction of sp³-hybridized carbons (Fsp3) is 0.116. The van der Waals surface area contributed by atoms with Crippen LogP contribution in [-0.4, -0.2) is 25.4 Å². The quantitative estimate of drug-likeness (QED) is 0.0660. The van der Waals surface area contributed by atoms with Crippen molar-refractivity contribution in [3.63, 3.8) is 0 Å². The van der Waals surface area contributed by atoms with Crippen LogP contribution in [0.3, 0.4) is 0 Å². The van der Waals surface area contributed by atoms with Gasteiger partial charge in [0.15, 0.2) is 17.5 Å². The molecule has 0 saturated carbocycles. The molecule has 60 heavy (non-hydrogen) atoms. The van der Waals surface area contributed by atoms with E-state index in [0.717, 1.165) is 21.2 Å². The van der Waals surface area contributed by atoms with E-state index in [1.807, 2.05) is 139 Å². The number of halogens is 10. The third kappa shape index (κ3) is 15.2. The Morgan fingerprint density at radius 1 is 0.600 bits per heavy atom. The summed E-state index contributed by atoms with van der Waals surface area (Å²) in [6.45, 7) is 6.54. The molecule has 0 atom stereocenters. The van der Waals surface area contributed by atoms with Crippen molar-refractivity contribution < 1.29 is 47.4 Å². The molecule has 3 nitrogen and oxygen atoms in total. The van der Waals surface area contributed by atoms with Crippen molar-refractivity contribution in [2.45, 2.75) is 26.7 Å². The van der Waals surface area contributed by atoms with Crippen molar-refractivity contribution >= 4 is 71.0 Å². The van der Waals surface area contributed by atoms with E-state index in [1.165, 1.54) is 23.3 Å². The first-order valence-corrected chi connectivity index (χ1v) is 29.0. The van der Waals surface area contributed by atoms with Crippen LogP contribution >= 0.6 is 24.7 Å². The molecule has 0 aliphatic rings. The molecule has 316 valence electrons. The van der Waals surface area contributed by atoms with E-state index in [-0.39, 0.29) is 0 Å². The molecule has 0 spiro atoms. The molecule has 0 N–H and O–H groups in total. The summed E-state index contributed by atoms with van der Waals surface area (Å²) in [7, 11) is 0.316. The summed E-state index contributed by atoms with van der Waals surface area (Å²) < 4.78 is 111. The molecule has 0 aliphatic carbocycles. The van der Waals surface area contributed by atoms with Crippen LogP contribution in [0.5, 0.6) is 0 Å².